The first-order valence-electron chi connectivity index (χ1n) is 11.8. The van der Waals surface area contributed by atoms with Crippen molar-refractivity contribution in [1.82, 2.24) is 5.32 Å². The molecule has 2 heterocycles. The predicted molar refractivity (Wildman–Crippen MR) is 116 cm³/mol. The van der Waals surface area contributed by atoms with E-state index in [-0.39, 0.29) is 0 Å². The molecule has 0 spiro atoms. The monoisotopic (exact) mass is 454 g/mol. The van der Waals surface area contributed by atoms with Crippen molar-refractivity contribution in [2.24, 2.45) is 11.8 Å². The van der Waals surface area contributed by atoms with Crippen molar-refractivity contribution in [1.29, 1.82) is 0 Å². The molecule has 3 atom stereocenters. The third-order valence-electron chi connectivity index (χ3n) is 8.10. The van der Waals surface area contributed by atoms with Crippen LogP contribution in [0.1, 0.15) is 63.0 Å². The van der Waals surface area contributed by atoms with Gasteiger partial charge in [-0.05, 0) is 80.2 Å². The van der Waals surface area contributed by atoms with Crippen molar-refractivity contribution in [3.63, 3.8) is 0 Å². The van der Waals surface area contributed by atoms with Crippen molar-refractivity contribution < 1.29 is 28.2 Å². The molecule has 32 heavy (non-hydrogen) atoms. The number of phenolic OH excluding ortho intramolecular Hbond substituents is 1. The maximum atomic E-state index is 10.9. The number of alkyl halides is 3. The summed E-state index contributed by atoms with van der Waals surface area (Å²) in [5, 5.41) is 21.9. The molecular formula is C24H33F3N2O3. The summed E-state index contributed by atoms with van der Waals surface area (Å²) >= 11 is 0. The molecule has 0 unspecified atom stereocenters. The number of fused-ring (bicyclic) bond motifs is 1. The average Bonchev–Trinajstić information content (AvgIpc) is 2.74. The second kappa shape index (κ2) is 8.76. The Morgan fingerprint density at radius 3 is 2.50 bits per heavy atom. The molecule has 2 bridgehead atoms. The molecule has 0 aromatic heterocycles. The maximum absolute atomic E-state index is 10.9. The lowest BCUT2D eigenvalue weighted by Gasteiger charge is -2.56. The first-order chi connectivity index (χ1) is 15.1. The van der Waals surface area contributed by atoms with Crippen molar-refractivity contribution in [2.45, 2.75) is 75.9 Å². The van der Waals surface area contributed by atoms with Gasteiger partial charge < -0.3 is 20.4 Å². The Hall–Kier alpha value is -1.96. The van der Waals surface area contributed by atoms with Gasteiger partial charge in [0.25, 0.3) is 0 Å². The van der Waals surface area contributed by atoms with Crippen molar-refractivity contribution in [3.05, 3.63) is 23.3 Å². The van der Waals surface area contributed by atoms with Gasteiger partial charge in [-0.15, -0.1) is 0 Å². The SMILES string of the molecule is CC1CCN(c2cc3c(cc2O)[C@]24CCCC[C@@H]2[C@H](C3)NCC4)CC1.O=C(O)C(F)(F)F. The summed E-state index contributed by atoms with van der Waals surface area (Å²) in [4.78, 5) is 11.3. The highest BCUT2D eigenvalue weighted by Gasteiger charge is 2.51. The summed E-state index contributed by atoms with van der Waals surface area (Å²) < 4.78 is 31.7. The molecule has 1 saturated carbocycles. The Morgan fingerprint density at radius 2 is 1.84 bits per heavy atom. The van der Waals surface area contributed by atoms with Gasteiger partial charge in [0.15, 0.2) is 0 Å². The summed E-state index contributed by atoms with van der Waals surface area (Å²) in [6.45, 7) is 5.67. The first kappa shape index (κ1) is 23.2. The number of anilines is 1. The minimum absolute atomic E-state index is 0.341. The topological polar surface area (TPSA) is 72.8 Å². The van der Waals surface area contributed by atoms with Gasteiger partial charge in [0.2, 0.25) is 0 Å². The Bertz CT molecular complexity index is 848. The number of halogens is 3. The van der Waals surface area contributed by atoms with E-state index in [2.05, 4.69) is 29.3 Å². The summed E-state index contributed by atoms with van der Waals surface area (Å²) in [6, 6.07) is 5.19. The van der Waals surface area contributed by atoms with Gasteiger partial charge in [-0.25, -0.2) is 4.79 Å². The van der Waals surface area contributed by atoms with Gasteiger partial charge >= 0.3 is 12.1 Å². The highest BCUT2D eigenvalue weighted by Crippen LogP contribution is 2.55. The summed E-state index contributed by atoms with van der Waals surface area (Å²) in [7, 11) is 0. The van der Waals surface area contributed by atoms with Crippen LogP contribution >= 0.6 is 0 Å². The summed E-state index contributed by atoms with van der Waals surface area (Å²) in [5.41, 5.74) is 4.45. The van der Waals surface area contributed by atoms with Gasteiger partial charge in [-0.3, -0.25) is 0 Å². The summed E-state index contributed by atoms with van der Waals surface area (Å²) in [5.74, 6) is -0.624. The fourth-order valence-electron chi connectivity index (χ4n) is 6.46. The maximum Gasteiger partial charge on any atom is 0.490 e. The minimum Gasteiger partial charge on any atom is -0.506 e. The van der Waals surface area contributed by atoms with Crippen LogP contribution < -0.4 is 10.2 Å². The largest absolute Gasteiger partial charge is 0.506 e. The molecule has 2 aliphatic carbocycles. The van der Waals surface area contributed by atoms with Crippen molar-refractivity contribution in [2.75, 3.05) is 24.5 Å². The number of nitrogens with one attached hydrogen (secondary N) is 1. The molecule has 3 fully saturated rings. The number of phenols is 1. The molecule has 2 saturated heterocycles. The van der Waals surface area contributed by atoms with Crippen LogP contribution in [0.5, 0.6) is 5.75 Å². The highest BCUT2D eigenvalue weighted by atomic mass is 19.4. The zero-order valence-electron chi connectivity index (χ0n) is 18.5. The Kier molecular flexibility index (Phi) is 6.36. The van der Waals surface area contributed by atoms with Gasteiger partial charge in [0, 0.05) is 24.5 Å². The standard InChI is InChI=1S/C22H32N2O.C2HF3O2/c1-15-5-10-24(11-6-15)20-13-16-12-19-17-4-2-3-7-22(17,8-9-23-19)18(16)14-21(20)25;3-2(4,5)1(6)7/h13-15,17,19,23,25H,2-12H2,1H3;(H,6,7)/t17-,19+,22+;/m1./s1. The van der Waals surface area contributed by atoms with E-state index in [1.54, 1.807) is 0 Å². The number of hydrogen-bond acceptors (Lipinski definition) is 4. The van der Waals surface area contributed by atoms with E-state index in [9.17, 15) is 18.3 Å². The number of carboxylic acids is 1. The molecule has 8 heteroatoms. The number of carbonyl (C=O) groups is 1. The van der Waals surface area contributed by atoms with Crippen LogP contribution in [0.3, 0.4) is 0 Å². The molecule has 4 aliphatic rings. The van der Waals surface area contributed by atoms with Crippen molar-refractivity contribution >= 4 is 11.7 Å². The van der Waals surface area contributed by atoms with E-state index < -0.39 is 12.1 Å². The number of aliphatic carboxylic acids is 1. The zero-order valence-corrected chi connectivity index (χ0v) is 18.5. The molecule has 0 amide bonds. The van der Waals surface area contributed by atoms with Crippen LogP contribution in [0.15, 0.2) is 12.1 Å². The van der Waals surface area contributed by atoms with E-state index >= 15 is 0 Å². The second-order valence-electron chi connectivity index (χ2n) is 9.99. The van der Waals surface area contributed by atoms with Gasteiger partial charge in [0.1, 0.15) is 5.75 Å². The number of carboxylic acid groups (broad SMARTS) is 1. The van der Waals surface area contributed by atoms with E-state index in [0.29, 0.717) is 17.2 Å². The number of hydrogen-bond donors (Lipinski definition) is 3. The van der Waals surface area contributed by atoms with Crippen LogP contribution in [-0.2, 0) is 16.6 Å². The lowest BCUT2D eigenvalue weighted by atomic mass is 9.53. The Labute approximate surface area is 187 Å². The number of rotatable bonds is 1. The fraction of sp³-hybridized carbons (Fsp3) is 0.708. The predicted octanol–water partition coefficient (Wildman–Crippen LogP) is 4.61. The molecule has 5 rings (SSSR count). The minimum atomic E-state index is -5.08. The van der Waals surface area contributed by atoms with E-state index in [4.69, 9.17) is 9.90 Å². The third-order valence-corrected chi connectivity index (χ3v) is 8.10. The number of benzene rings is 1. The second-order valence-corrected chi connectivity index (χ2v) is 9.99. The average molecular weight is 455 g/mol. The van der Waals surface area contributed by atoms with Gasteiger partial charge in [-0.2, -0.15) is 13.2 Å². The van der Waals surface area contributed by atoms with E-state index in [1.165, 1.54) is 56.1 Å². The highest BCUT2D eigenvalue weighted by molar-refractivity contribution is 5.73. The van der Waals surface area contributed by atoms with Gasteiger partial charge in [0.05, 0.1) is 5.69 Å². The van der Waals surface area contributed by atoms with Gasteiger partial charge in [-0.1, -0.05) is 19.8 Å². The number of aromatic hydroxyl groups is 1. The molecule has 0 radical (unpaired) electrons. The molecular weight excluding hydrogens is 421 g/mol. The van der Waals surface area contributed by atoms with E-state index in [0.717, 1.165) is 43.6 Å². The Balaban J connectivity index is 0.000000307. The molecule has 5 nitrogen and oxygen atoms in total. The molecule has 3 N–H and O–H groups in total. The van der Waals surface area contributed by atoms with Crippen LogP contribution in [0.25, 0.3) is 0 Å². The fourth-order valence-corrected chi connectivity index (χ4v) is 6.46. The number of nitrogens with zero attached hydrogens (tertiary/aromatic N) is 1. The summed E-state index contributed by atoms with van der Waals surface area (Å²) in [6.07, 6.45) is 5.23. The lowest BCUT2D eigenvalue weighted by Crippen LogP contribution is -2.59. The number of piperidine rings is 2. The quantitative estimate of drug-likeness (QED) is 0.578. The first-order valence-corrected chi connectivity index (χ1v) is 11.8. The molecule has 1 aromatic carbocycles. The molecule has 178 valence electrons. The van der Waals surface area contributed by atoms with Crippen LogP contribution in [0.2, 0.25) is 0 Å². The van der Waals surface area contributed by atoms with Crippen LogP contribution in [0, 0.1) is 11.8 Å². The zero-order chi connectivity index (χ0) is 23.1. The third kappa shape index (κ3) is 4.30. The van der Waals surface area contributed by atoms with Crippen molar-refractivity contribution in [3.8, 4) is 5.75 Å². The molecule has 1 aromatic rings. The molecule has 2 aliphatic heterocycles. The Morgan fingerprint density at radius 1 is 1.16 bits per heavy atom. The normalized spacial score (nSPS) is 29.9. The smallest absolute Gasteiger partial charge is 0.490 e. The van der Waals surface area contributed by atoms with Crippen LogP contribution in [-0.4, -0.2) is 48.0 Å². The van der Waals surface area contributed by atoms with Crippen LogP contribution in [0.4, 0.5) is 18.9 Å². The lowest BCUT2D eigenvalue weighted by molar-refractivity contribution is -0.192. The van der Waals surface area contributed by atoms with E-state index in [1.807, 2.05) is 0 Å².